The van der Waals surface area contributed by atoms with Crippen molar-refractivity contribution in [3.05, 3.63) is 22.5 Å². The first kappa shape index (κ1) is 8.95. The number of hydrogen-bond acceptors (Lipinski definition) is 3. The van der Waals surface area contributed by atoms with Crippen LogP contribution >= 0.6 is 11.6 Å². The van der Waals surface area contributed by atoms with Gasteiger partial charge in [-0.1, -0.05) is 24.9 Å². The van der Waals surface area contributed by atoms with Crippen molar-refractivity contribution in [1.82, 2.24) is 10.2 Å². The molecule has 1 aromatic heterocycles. The van der Waals surface area contributed by atoms with Crippen molar-refractivity contribution in [2.75, 3.05) is 0 Å². The minimum atomic E-state index is 0.178. The lowest BCUT2D eigenvalue weighted by molar-refractivity contribution is 0.837. The van der Waals surface area contributed by atoms with E-state index in [0.717, 1.165) is 18.5 Å². The zero-order valence-electron chi connectivity index (χ0n) is 6.71. The zero-order valence-corrected chi connectivity index (χ0v) is 7.47. The van der Waals surface area contributed by atoms with Crippen LogP contribution in [0.2, 0.25) is 5.15 Å². The van der Waals surface area contributed by atoms with Gasteiger partial charge in [0.05, 0.1) is 11.3 Å². The molecule has 0 amide bonds. The molecule has 4 heteroatoms. The fourth-order valence-electron chi connectivity index (χ4n) is 0.874. The van der Waals surface area contributed by atoms with E-state index in [4.69, 9.17) is 16.9 Å². The fraction of sp³-hybridized carbons (Fsp3) is 0.375. The Morgan fingerprint density at radius 3 is 2.92 bits per heavy atom. The zero-order chi connectivity index (χ0) is 8.97. The summed E-state index contributed by atoms with van der Waals surface area (Å²) in [6, 6.07) is 3.64. The second kappa shape index (κ2) is 4.03. The maximum atomic E-state index is 8.61. The van der Waals surface area contributed by atoms with Crippen LogP contribution in [-0.4, -0.2) is 10.2 Å². The predicted molar refractivity (Wildman–Crippen MR) is 45.8 cm³/mol. The molecule has 0 aromatic carbocycles. The summed E-state index contributed by atoms with van der Waals surface area (Å²) < 4.78 is 0. The highest BCUT2D eigenvalue weighted by Gasteiger charge is 2.02. The largest absolute Gasteiger partial charge is 0.192 e. The average molecular weight is 182 g/mol. The summed E-state index contributed by atoms with van der Waals surface area (Å²) in [5.74, 6) is 0. The molecule has 62 valence electrons. The molecule has 1 heterocycles. The maximum absolute atomic E-state index is 8.61. The molecule has 0 fully saturated rings. The van der Waals surface area contributed by atoms with Gasteiger partial charge < -0.3 is 0 Å². The smallest absolute Gasteiger partial charge is 0.169 e. The molecule has 0 saturated heterocycles. The van der Waals surface area contributed by atoms with Crippen molar-refractivity contribution in [3.8, 4) is 6.07 Å². The number of aryl methyl sites for hydroxylation is 1. The van der Waals surface area contributed by atoms with Gasteiger partial charge in [-0.15, -0.1) is 5.10 Å². The third-order valence-electron chi connectivity index (χ3n) is 1.43. The molecule has 0 spiro atoms. The van der Waals surface area contributed by atoms with Gasteiger partial charge in [-0.25, -0.2) is 0 Å². The molecule has 0 aliphatic rings. The van der Waals surface area contributed by atoms with Crippen molar-refractivity contribution < 1.29 is 0 Å². The van der Waals surface area contributed by atoms with Crippen LogP contribution in [-0.2, 0) is 6.42 Å². The van der Waals surface area contributed by atoms with E-state index in [0.29, 0.717) is 5.56 Å². The predicted octanol–water partition coefficient (Wildman–Crippen LogP) is 1.95. The van der Waals surface area contributed by atoms with Crippen LogP contribution < -0.4 is 0 Å². The highest BCUT2D eigenvalue weighted by atomic mass is 35.5. The average Bonchev–Trinajstić information content (AvgIpc) is 2.09. The molecule has 0 bridgehead atoms. The Morgan fingerprint density at radius 1 is 1.58 bits per heavy atom. The lowest BCUT2D eigenvalue weighted by atomic mass is 10.2. The molecular formula is C8H8ClN3. The Balaban J connectivity index is 2.99. The number of rotatable bonds is 2. The Hall–Kier alpha value is -1.14. The van der Waals surface area contributed by atoms with E-state index in [2.05, 4.69) is 10.2 Å². The third kappa shape index (κ3) is 1.93. The lowest BCUT2D eigenvalue weighted by Crippen LogP contribution is -1.94. The summed E-state index contributed by atoms with van der Waals surface area (Å²) in [4.78, 5) is 0. The topological polar surface area (TPSA) is 49.6 Å². The van der Waals surface area contributed by atoms with E-state index in [1.807, 2.05) is 13.0 Å². The highest BCUT2D eigenvalue weighted by molar-refractivity contribution is 6.30. The van der Waals surface area contributed by atoms with Crippen LogP contribution in [0, 0.1) is 11.3 Å². The van der Waals surface area contributed by atoms with Gasteiger partial charge in [0.2, 0.25) is 0 Å². The van der Waals surface area contributed by atoms with Crippen LogP contribution in [0.1, 0.15) is 24.6 Å². The number of aromatic nitrogens is 2. The van der Waals surface area contributed by atoms with Crippen molar-refractivity contribution in [2.24, 2.45) is 0 Å². The molecule has 0 N–H and O–H groups in total. The van der Waals surface area contributed by atoms with Crippen LogP contribution in [0.15, 0.2) is 6.07 Å². The number of halogens is 1. The van der Waals surface area contributed by atoms with Gasteiger partial charge in [-0.3, -0.25) is 0 Å². The first-order valence-electron chi connectivity index (χ1n) is 3.70. The first-order chi connectivity index (χ1) is 5.77. The monoisotopic (exact) mass is 181 g/mol. The summed E-state index contributed by atoms with van der Waals surface area (Å²) in [7, 11) is 0. The molecule has 1 aromatic rings. The van der Waals surface area contributed by atoms with Crippen LogP contribution in [0.3, 0.4) is 0 Å². The number of nitrogens with zero attached hydrogens (tertiary/aromatic N) is 3. The van der Waals surface area contributed by atoms with Crippen LogP contribution in [0.5, 0.6) is 0 Å². The molecule has 0 unspecified atom stereocenters. The second-order valence-electron chi connectivity index (χ2n) is 2.40. The SMILES string of the molecule is CCCc1cc(C#N)c(Cl)nn1. The highest BCUT2D eigenvalue weighted by Crippen LogP contribution is 2.11. The van der Waals surface area contributed by atoms with Crippen LogP contribution in [0.4, 0.5) is 0 Å². The summed E-state index contributed by atoms with van der Waals surface area (Å²) >= 11 is 5.60. The Kier molecular flexibility index (Phi) is 3.01. The Morgan fingerprint density at radius 2 is 2.33 bits per heavy atom. The molecule has 0 aliphatic carbocycles. The van der Waals surface area contributed by atoms with Crippen molar-refractivity contribution >= 4 is 11.6 Å². The maximum Gasteiger partial charge on any atom is 0.169 e. The molecule has 12 heavy (non-hydrogen) atoms. The van der Waals surface area contributed by atoms with Gasteiger partial charge in [0.25, 0.3) is 0 Å². The number of hydrogen-bond donors (Lipinski definition) is 0. The van der Waals surface area contributed by atoms with E-state index in [1.54, 1.807) is 6.07 Å². The fourth-order valence-corrected chi connectivity index (χ4v) is 1.01. The molecular weight excluding hydrogens is 174 g/mol. The minimum absolute atomic E-state index is 0.178. The van der Waals surface area contributed by atoms with Crippen molar-refractivity contribution in [3.63, 3.8) is 0 Å². The van der Waals surface area contributed by atoms with Gasteiger partial charge >= 0.3 is 0 Å². The standard InChI is InChI=1S/C8H8ClN3/c1-2-3-7-4-6(5-10)8(9)12-11-7/h4H,2-3H2,1H3. The van der Waals surface area contributed by atoms with Gasteiger partial charge in [-0.05, 0) is 12.5 Å². The molecule has 0 radical (unpaired) electrons. The van der Waals surface area contributed by atoms with Gasteiger partial charge in [0, 0.05) is 0 Å². The van der Waals surface area contributed by atoms with E-state index in [-0.39, 0.29) is 5.15 Å². The molecule has 3 nitrogen and oxygen atoms in total. The molecule has 0 saturated carbocycles. The molecule has 1 rings (SSSR count). The van der Waals surface area contributed by atoms with Crippen molar-refractivity contribution in [2.45, 2.75) is 19.8 Å². The van der Waals surface area contributed by atoms with Crippen LogP contribution in [0.25, 0.3) is 0 Å². The normalized spacial score (nSPS) is 9.42. The van der Waals surface area contributed by atoms with Gasteiger partial charge in [-0.2, -0.15) is 10.4 Å². The second-order valence-corrected chi connectivity index (χ2v) is 2.76. The quantitative estimate of drug-likeness (QED) is 0.701. The molecule has 0 atom stereocenters. The summed E-state index contributed by atoms with van der Waals surface area (Å²) in [5.41, 5.74) is 1.22. The summed E-state index contributed by atoms with van der Waals surface area (Å²) in [6.45, 7) is 2.04. The lowest BCUT2D eigenvalue weighted by Gasteiger charge is -1.97. The molecule has 0 aliphatic heterocycles. The summed E-state index contributed by atoms with van der Waals surface area (Å²) in [6.07, 6.45) is 1.82. The summed E-state index contributed by atoms with van der Waals surface area (Å²) in [5, 5.41) is 16.3. The van der Waals surface area contributed by atoms with E-state index >= 15 is 0 Å². The first-order valence-corrected chi connectivity index (χ1v) is 4.08. The number of nitriles is 1. The van der Waals surface area contributed by atoms with E-state index < -0.39 is 0 Å². The van der Waals surface area contributed by atoms with Gasteiger partial charge in [0.1, 0.15) is 6.07 Å². The minimum Gasteiger partial charge on any atom is -0.192 e. The van der Waals surface area contributed by atoms with Crippen molar-refractivity contribution in [1.29, 1.82) is 5.26 Å². The third-order valence-corrected chi connectivity index (χ3v) is 1.71. The van der Waals surface area contributed by atoms with E-state index in [1.165, 1.54) is 0 Å². The van der Waals surface area contributed by atoms with Gasteiger partial charge in [0.15, 0.2) is 5.15 Å². The van der Waals surface area contributed by atoms with E-state index in [9.17, 15) is 0 Å². The Bertz CT molecular complexity index is 317. The Labute approximate surface area is 76.0 Å².